The molecule has 0 aromatic carbocycles. The molecule has 0 saturated carbocycles. The van der Waals surface area contributed by atoms with Crippen LogP contribution in [0.3, 0.4) is 0 Å². The summed E-state index contributed by atoms with van der Waals surface area (Å²) in [5.74, 6) is 0. The van der Waals surface area contributed by atoms with Crippen molar-refractivity contribution in [3.63, 3.8) is 0 Å². The summed E-state index contributed by atoms with van der Waals surface area (Å²) >= 11 is 0. The van der Waals surface area contributed by atoms with Crippen LogP contribution in [0.1, 0.15) is 0 Å². The summed E-state index contributed by atoms with van der Waals surface area (Å²) in [6.45, 7) is 1.42. The highest BCUT2D eigenvalue weighted by atomic mass is 28.3. The molecule has 0 amide bonds. The molecule has 0 heterocycles. The van der Waals surface area contributed by atoms with Crippen LogP contribution in [-0.4, -0.2) is 18.9 Å². The summed E-state index contributed by atoms with van der Waals surface area (Å²) in [5.41, 5.74) is 0. The average molecular weight is 78.1 g/mol. The van der Waals surface area contributed by atoms with Gasteiger partial charge in [0.25, 0.3) is 0 Å². The fourth-order valence-corrected chi connectivity index (χ4v) is 0. The van der Waals surface area contributed by atoms with Gasteiger partial charge in [-0.2, -0.15) is 0 Å². The van der Waals surface area contributed by atoms with Crippen molar-refractivity contribution in [2.24, 2.45) is 0 Å². The molecule has 0 atom stereocenters. The minimum Gasteiger partial charge on any atom is -0.413 e. The van der Waals surface area contributed by atoms with E-state index in [1.807, 2.05) is 0 Å². The highest BCUT2D eigenvalue weighted by Crippen LogP contribution is 1.51. The van der Waals surface area contributed by atoms with Crippen LogP contribution >= 0.6 is 0 Å². The van der Waals surface area contributed by atoms with Gasteiger partial charge in [0.05, 0.1) is 0 Å². The predicted molar refractivity (Wildman–Crippen MR) is 17.5 cm³/mol. The third-order valence-electron chi connectivity index (χ3n) is 0. The molecule has 3 heteroatoms. The standard InChI is InChI=1S/CH6O2Si/c1-4(2)3/h2-4H,1H3. The van der Waals surface area contributed by atoms with Gasteiger partial charge in [-0.15, -0.1) is 0 Å². The summed E-state index contributed by atoms with van der Waals surface area (Å²) < 4.78 is 0. The van der Waals surface area contributed by atoms with Crippen molar-refractivity contribution < 1.29 is 9.59 Å². The van der Waals surface area contributed by atoms with Crippen LogP contribution in [0.15, 0.2) is 0 Å². The fourth-order valence-electron chi connectivity index (χ4n) is 0. The Morgan fingerprint density at radius 3 is 1.50 bits per heavy atom. The molecule has 0 saturated heterocycles. The maximum absolute atomic E-state index is 7.75. The first-order valence-corrected chi connectivity index (χ1v) is 3.28. The van der Waals surface area contributed by atoms with E-state index in [1.54, 1.807) is 0 Å². The molecule has 0 unspecified atom stereocenters. The topological polar surface area (TPSA) is 40.5 Å². The van der Waals surface area contributed by atoms with Crippen molar-refractivity contribution in [1.29, 1.82) is 0 Å². The van der Waals surface area contributed by atoms with Crippen molar-refractivity contribution in [3.8, 4) is 0 Å². The van der Waals surface area contributed by atoms with E-state index in [0.717, 1.165) is 0 Å². The Labute approximate surface area is 26.6 Å². The second-order valence-corrected chi connectivity index (χ2v) is 1.90. The van der Waals surface area contributed by atoms with Gasteiger partial charge in [0.2, 0.25) is 0 Å². The van der Waals surface area contributed by atoms with Crippen LogP contribution < -0.4 is 0 Å². The summed E-state index contributed by atoms with van der Waals surface area (Å²) in [4.78, 5) is 15.5. The molecular weight excluding hydrogens is 72.1 g/mol. The molecule has 2 N–H and O–H groups in total. The van der Waals surface area contributed by atoms with Gasteiger partial charge in [-0.3, -0.25) is 0 Å². The maximum atomic E-state index is 7.75. The molecule has 0 aliphatic carbocycles. The monoisotopic (exact) mass is 78.0 g/mol. The predicted octanol–water partition coefficient (Wildman–Crippen LogP) is -1.18. The number of hydrogen-bond donors (Lipinski definition) is 2. The smallest absolute Gasteiger partial charge is 0.312 e. The third kappa shape index (κ3) is 147. The molecule has 0 aromatic heterocycles. The molecule has 0 fully saturated rings. The first-order valence-electron chi connectivity index (χ1n) is 1.09. The average Bonchev–Trinajstić information content (AvgIpc) is 0.811. The van der Waals surface area contributed by atoms with E-state index >= 15 is 0 Å². The van der Waals surface area contributed by atoms with Crippen molar-refractivity contribution >= 4 is 9.28 Å². The Bertz CT molecular complexity index is 10.8. The molecule has 0 radical (unpaired) electrons. The van der Waals surface area contributed by atoms with E-state index in [1.165, 1.54) is 6.55 Å². The lowest BCUT2D eigenvalue weighted by Gasteiger charge is -1.75. The van der Waals surface area contributed by atoms with Crippen LogP contribution in [0, 0.1) is 0 Å². The largest absolute Gasteiger partial charge is 0.413 e. The second kappa shape index (κ2) is 1.46. The fraction of sp³-hybridized carbons (Fsp3) is 1.00. The van der Waals surface area contributed by atoms with Gasteiger partial charge in [0, 0.05) is 0 Å². The Morgan fingerprint density at radius 1 is 1.50 bits per heavy atom. The molecule has 2 nitrogen and oxygen atoms in total. The van der Waals surface area contributed by atoms with E-state index in [0.29, 0.717) is 0 Å². The lowest BCUT2D eigenvalue weighted by Crippen LogP contribution is -2.00. The maximum Gasteiger partial charge on any atom is 0.312 e. The van der Waals surface area contributed by atoms with Gasteiger partial charge in [-0.25, -0.2) is 0 Å². The van der Waals surface area contributed by atoms with Crippen LogP contribution in [0.5, 0.6) is 0 Å². The van der Waals surface area contributed by atoms with Gasteiger partial charge in [0.15, 0.2) is 0 Å². The first kappa shape index (κ1) is 4.14. The lowest BCUT2D eigenvalue weighted by atomic mass is 11.9. The molecule has 4 heavy (non-hydrogen) atoms. The highest BCUT2D eigenvalue weighted by molar-refractivity contribution is 6.38. The normalized spacial score (nSPS) is 9.00. The van der Waals surface area contributed by atoms with Crippen molar-refractivity contribution in [3.05, 3.63) is 0 Å². The van der Waals surface area contributed by atoms with Crippen LogP contribution in [0.2, 0.25) is 6.55 Å². The highest BCUT2D eigenvalue weighted by Gasteiger charge is 1.78. The summed E-state index contributed by atoms with van der Waals surface area (Å²) in [6.07, 6.45) is 0. The van der Waals surface area contributed by atoms with Gasteiger partial charge in [-0.05, 0) is 6.55 Å². The van der Waals surface area contributed by atoms with E-state index in [2.05, 4.69) is 0 Å². The zero-order valence-electron chi connectivity index (χ0n) is 2.47. The third-order valence-corrected chi connectivity index (χ3v) is 0. The van der Waals surface area contributed by atoms with Gasteiger partial charge < -0.3 is 9.59 Å². The van der Waals surface area contributed by atoms with E-state index in [4.69, 9.17) is 9.59 Å². The molecule has 0 aliphatic rings. The summed E-state index contributed by atoms with van der Waals surface area (Å²) in [5, 5.41) is 0. The first-order chi connectivity index (χ1) is 1.73. The Hall–Kier alpha value is 0.137. The van der Waals surface area contributed by atoms with Crippen LogP contribution in [-0.2, 0) is 0 Å². The zero-order valence-corrected chi connectivity index (χ0v) is 3.63. The molecule has 0 aromatic rings. The van der Waals surface area contributed by atoms with E-state index in [9.17, 15) is 0 Å². The van der Waals surface area contributed by atoms with Crippen molar-refractivity contribution in [2.45, 2.75) is 6.55 Å². The van der Waals surface area contributed by atoms with Crippen molar-refractivity contribution in [1.82, 2.24) is 0 Å². The second-order valence-electron chi connectivity index (χ2n) is 0.632. The molecular formula is CH6O2Si. The summed E-state index contributed by atoms with van der Waals surface area (Å²) in [6, 6.07) is 0. The molecule has 0 aliphatic heterocycles. The van der Waals surface area contributed by atoms with Gasteiger partial charge >= 0.3 is 9.28 Å². The molecule has 0 bridgehead atoms. The molecule has 26 valence electrons. The van der Waals surface area contributed by atoms with Crippen molar-refractivity contribution in [2.75, 3.05) is 0 Å². The Morgan fingerprint density at radius 2 is 1.50 bits per heavy atom. The van der Waals surface area contributed by atoms with Crippen LogP contribution in [0.4, 0.5) is 0 Å². The Balaban J connectivity index is 2.32. The van der Waals surface area contributed by atoms with Crippen LogP contribution in [0.25, 0.3) is 0 Å². The molecule has 0 spiro atoms. The number of hydrogen-bond acceptors (Lipinski definition) is 2. The SMILES string of the molecule is C[SiH](O)O. The summed E-state index contributed by atoms with van der Waals surface area (Å²) in [7, 11) is -2.14. The van der Waals surface area contributed by atoms with E-state index in [-0.39, 0.29) is 0 Å². The zero-order chi connectivity index (χ0) is 3.58. The minimum absolute atomic E-state index is 1.42. The lowest BCUT2D eigenvalue weighted by molar-refractivity contribution is 0.417. The minimum atomic E-state index is -2.14. The van der Waals surface area contributed by atoms with E-state index < -0.39 is 9.28 Å². The number of rotatable bonds is 0. The quantitative estimate of drug-likeness (QED) is 0.358. The van der Waals surface area contributed by atoms with Gasteiger partial charge in [0.1, 0.15) is 0 Å². The Kier molecular flexibility index (Phi) is 1.51. The molecule has 0 rings (SSSR count). The van der Waals surface area contributed by atoms with Gasteiger partial charge in [-0.1, -0.05) is 0 Å².